The van der Waals surface area contributed by atoms with E-state index in [9.17, 15) is 9.59 Å². The number of carbonyl (C=O) groups excluding carboxylic acids is 2. The molecule has 2 rings (SSSR count). The Balaban J connectivity index is 1.81. The largest absolute Gasteiger partial charge is 0.345 e. The molecule has 0 aliphatic heterocycles. The summed E-state index contributed by atoms with van der Waals surface area (Å²) in [5.74, 6) is 11.7. The normalized spacial score (nSPS) is 12.2. The molecule has 0 unspecified atom stereocenters. The summed E-state index contributed by atoms with van der Waals surface area (Å²) in [4.78, 5) is 25.3. The molecule has 2 aromatic rings. The molecule has 3 nitrogen and oxygen atoms in total. The van der Waals surface area contributed by atoms with Gasteiger partial charge in [-0.25, -0.2) is 0 Å². The van der Waals surface area contributed by atoms with E-state index in [1.807, 2.05) is 74.5 Å². The Morgan fingerprint density at radius 3 is 1.78 bits per heavy atom. The van der Waals surface area contributed by atoms with Gasteiger partial charge in [0.15, 0.2) is 0 Å². The Labute approximate surface area is 193 Å². The van der Waals surface area contributed by atoms with E-state index in [4.69, 9.17) is 0 Å². The van der Waals surface area contributed by atoms with Crippen molar-refractivity contribution in [3.05, 3.63) is 71.8 Å². The van der Waals surface area contributed by atoms with Crippen LogP contribution < -0.4 is 5.32 Å². The Hall–Kier alpha value is -3.30. The molecule has 0 fully saturated rings. The van der Waals surface area contributed by atoms with Crippen LogP contribution in [0.5, 0.6) is 0 Å². The standard InChI is InChI=1S/C29H33NO2/c1-22(2)27(24-16-10-8-11-17-24)26(31)20-14-6-5-7-15-21-30-29(32)28(23(3)4)25-18-12-9-13-19-25/h8-13,16-19,22-23,27-28H,14,20-21H2,1-4H3,(H,30,32)/t27-,28-/m1/s1. The molecule has 0 bridgehead atoms. The third kappa shape index (κ3) is 7.75. The summed E-state index contributed by atoms with van der Waals surface area (Å²) < 4.78 is 0. The van der Waals surface area contributed by atoms with Gasteiger partial charge in [-0.15, -0.1) is 0 Å². The van der Waals surface area contributed by atoms with E-state index in [2.05, 4.69) is 42.8 Å². The Morgan fingerprint density at radius 2 is 1.25 bits per heavy atom. The third-order valence-corrected chi connectivity index (χ3v) is 5.37. The van der Waals surface area contributed by atoms with Crippen molar-refractivity contribution < 1.29 is 9.59 Å². The van der Waals surface area contributed by atoms with Gasteiger partial charge in [0.1, 0.15) is 5.78 Å². The van der Waals surface area contributed by atoms with Gasteiger partial charge in [0.2, 0.25) is 5.91 Å². The van der Waals surface area contributed by atoms with Crippen LogP contribution in [0.25, 0.3) is 0 Å². The molecule has 0 radical (unpaired) electrons. The number of Topliss-reactive ketones (excluding diaryl/α,β-unsaturated/α-hetero) is 1. The molecule has 0 aliphatic rings. The maximum Gasteiger partial charge on any atom is 0.228 e. The molecule has 2 aromatic carbocycles. The number of hydrogen-bond donors (Lipinski definition) is 1. The molecule has 1 amide bonds. The van der Waals surface area contributed by atoms with Crippen LogP contribution in [0, 0.1) is 35.5 Å². The van der Waals surface area contributed by atoms with E-state index in [-0.39, 0.29) is 41.9 Å². The summed E-state index contributed by atoms with van der Waals surface area (Å²) in [5.41, 5.74) is 2.07. The molecule has 0 spiro atoms. The van der Waals surface area contributed by atoms with Gasteiger partial charge in [0.25, 0.3) is 0 Å². The van der Waals surface area contributed by atoms with Crippen molar-refractivity contribution in [3.8, 4) is 23.7 Å². The minimum absolute atomic E-state index is 0.0281. The van der Waals surface area contributed by atoms with Crippen LogP contribution in [0.4, 0.5) is 0 Å². The number of ketones is 1. The highest BCUT2D eigenvalue weighted by Gasteiger charge is 2.24. The zero-order chi connectivity index (χ0) is 23.3. The molecule has 0 saturated carbocycles. The van der Waals surface area contributed by atoms with Crippen molar-refractivity contribution in [2.45, 2.75) is 52.4 Å². The lowest BCUT2D eigenvalue weighted by atomic mass is 9.83. The number of carbonyl (C=O) groups is 2. The van der Waals surface area contributed by atoms with Gasteiger partial charge in [-0.05, 0) is 34.8 Å². The lowest BCUT2D eigenvalue weighted by Crippen LogP contribution is -2.32. The molecule has 32 heavy (non-hydrogen) atoms. The number of benzene rings is 2. The molecule has 1 N–H and O–H groups in total. The Morgan fingerprint density at radius 1 is 0.750 bits per heavy atom. The minimum Gasteiger partial charge on any atom is -0.345 e. The molecule has 3 heteroatoms. The van der Waals surface area contributed by atoms with Gasteiger partial charge in [-0.2, -0.15) is 0 Å². The van der Waals surface area contributed by atoms with Crippen molar-refractivity contribution in [2.24, 2.45) is 11.8 Å². The fraction of sp³-hybridized carbons (Fsp3) is 0.379. The van der Waals surface area contributed by atoms with Crippen molar-refractivity contribution >= 4 is 11.7 Å². The molecule has 2 atom stereocenters. The van der Waals surface area contributed by atoms with Gasteiger partial charge in [-0.1, -0.05) is 100 Å². The summed E-state index contributed by atoms with van der Waals surface area (Å²) in [6.45, 7) is 8.48. The zero-order valence-corrected chi connectivity index (χ0v) is 19.5. The number of amides is 1. The lowest BCUT2D eigenvalue weighted by Gasteiger charge is -2.20. The molecule has 166 valence electrons. The fourth-order valence-electron chi connectivity index (χ4n) is 3.88. The van der Waals surface area contributed by atoms with Crippen molar-refractivity contribution in [3.63, 3.8) is 0 Å². The van der Waals surface area contributed by atoms with E-state index in [1.54, 1.807) is 0 Å². The molecular weight excluding hydrogens is 394 g/mol. The number of rotatable bonds is 9. The van der Waals surface area contributed by atoms with Crippen LogP contribution in [0.3, 0.4) is 0 Å². The van der Waals surface area contributed by atoms with Crippen LogP contribution in [-0.2, 0) is 9.59 Å². The maximum atomic E-state index is 12.7. The monoisotopic (exact) mass is 427 g/mol. The van der Waals surface area contributed by atoms with Gasteiger partial charge in [0.05, 0.1) is 12.5 Å². The highest BCUT2D eigenvalue weighted by atomic mass is 16.2. The quantitative estimate of drug-likeness (QED) is 0.549. The van der Waals surface area contributed by atoms with Gasteiger partial charge < -0.3 is 5.32 Å². The summed E-state index contributed by atoms with van der Waals surface area (Å²) in [6, 6.07) is 19.7. The summed E-state index contributed by atoms with van der Waals surface area (Å²) in [5, 5.41) is 2.88. The zero-order valence-electron chi connectivity index (χ0n) is 19.5. The van der Waals surface area contributed by atoms with E-state index < -0.39 is 0 Å². The molecule has 0 aliphatic carbocycles. The number of nitrogens with one attached hydrogen (secondary N) is 1. The van der Waals surface area contributed by atoms with Crippen LogP contribution in [0.1, 0.15) is 63.5 Å². The third-order valence-electron chi connectivity index (χ3n) is 5.37. The van der Waals surface area contributed by atoms with E-state index in [0.29, 0.717) is 12.8 Å². The van der Waals surface area contributed by atoms with Crippen LogP contribution >= 0.6 is 0 Å². The SMILES string of the molecule is CC(C)[C@@H](C(=O)CCC#CC#CCNC(=O)[C@@H](c1ccccc1)C(C)C)c1ccccc1. The van der Waals surface area contributed by atoms with Gasteiger partial charge in [-0.3, -0.25) is 9.59 Å². The van der Waals surface area contributed by atoms with Crippen molar-refractivity contribution in [1.29, 1.82) is 0 Å². The molecular formula is C29H33NO2. The van der Waals surface area contributed by atoms with Crippen LogP contribution in [0.15, 0.2) is 60.7 Å². The highest BCUT2D eigenvalue weighted by Crippen LogP contribution is 2.27. The first kappa shape index (κ1) is 25.0. The van der Waals surface area contributed by atoms with E-state index in [1.165, 1.54) is 0 Å². The average Bonchev–Trinajstić information content (AvgIpc) is 2.77. The molecule has 0 heterocycles. The maximum absolute atomic E-state index is 12.7. The average molecular weight is 428 g/mol. The summed E-state index contributed by atoms with van der Waals surface area (Å²) >= 11 is 0. The van der Waals surface area contributed by atoms with Crippen molar-refractivity contribution in [2.75, 3.05) is 6.54 Å². The fourth-order valence-corrected chi connectivity index (χ4v) is 3.88. The second-order valence-corrected chi connectivity index (χ2v) is 8.55. The first-order valence-corrected chi connectivity index (χ1v) is 11.3. The predicted molar refractivity (Wildman–Crippen MR) is 131 cm³/mol. The minimum atomic E-state index is -0.200. The smallest absolute Gasteiger partial charge is 0.228 e. The van der Waals surface area contributed by atoms with Crippen LogP contribution in [-0.4, -0.2) is 18.2 Å². The van der Waals surface area contributed by atoms with Gasteiger partial charge in [0, 0.05) is 18.8 Å². The van der Waals surface area contributed by atoms with Crippen LogP contribution in [0.2, 0.25) is 0 Å². The lowest BCUT2D eigenvalue weighted by molar-refractivity contribution is -0.123. The van der Waals surface area contributed by atoms with Gasteiger partial charge >= 0.3 is 0 Å². The van der Waals surface area contributed by atoms with Crippen molar-refractivity contribution in [1.82, 2.24) is 5.32 Å². The van der Waals surface area contributed by atoms with E-state index >= 15 is 0 Å². The number of hydrogen-bond acceptors (Lipinski definition) is 2. The summed E-state index contributed by atoms with van der Waals surface area (Å²) in [6.07, 6.45) is 0.898. The first-order chi connectivity index (χ1) is 15.4. The summed E-state index contributed by atoms with van der Waals surface area (Å²) in [7, 11) is 0. The Kier molecular flexibility index (Phi) is 10.3. The predicted octanol–water partition coefficient (Wildman–Crippen LogP) is 5.34. The topological polar surface area (TPSA) is 46.2 Å². The second kappa shape index (κ2) is 13.2. The first-order valence-electron chi connectivity index (χ1n) is 11.3. The molecule has 0 saturated heterocycles. The molecule has 0 aromatic heterocycles. The highest BCUT2D eigenvalue weighted by molar-refractivity contribution is 5.86. The second-order valence-electron chi connectivity index (χ2n) is 8.55. The van der Waals surface area contributed by atoms with E-state index in [0.717, 1.165) is 11.1 Å². The Bertz CT molecular complexity index is 902.